The van der Waals surface area contributed by atoms with Crippen LogP contribution in [0.4, 0.5) is 0 Å². The minimum atomic E-state index is 0.390. The summed E-state index contributed by atoms with van der Waals surface area (Å²) in [7, 11) is 2.03. The monoisotopic (exact) mass is 229 g/mol. The highest BCUT2D eigenvalue weighted by atomic mass is 16.5. The minimum Gasteiger partial charge on any atom is -0.379 e. The summed E-state index contributed by atoms with van der Waals surface area (Å²) in [6.07, 6.45) is 5.45. The topological polar surface area (TPSA) is 30.5 Å². The van der Waals surface area contributed by atoms with Crippen molar-refractivity contribution in [2.24, 2.45) is 5.92 Å². The van der Waals surface area contributed by atoms with Crippen LogP contribution in [-0.4, -0.2) is 39.0 Å². The second kappa shape index (κ2) is 8.04. The Kier molecular flexibility index (Phi) is 7.01. The van der Waals surface area contributed by atoms with Crippen molar-refractivity contribution < 1.29 is 9.47 Å². The second-order valence-electron chi connectivity index (χ2n) is 5.06. The third-order valence-corrected chi connectivity index (χ3v) is 3.08. The van der Waals surface area contributed by atoms with Crippen molar-refractivity contribution in [3.8, 4) is 0 Å². The zero-order chi connectivity index (χ0) is 11.8. The van der Waals surface area contributed by atoms with Crippen LogP contribution in [-0.2, 0) is 9.47 Å². The van der Waals surface area contributed by atoms with Crippen molar-refractivity contribution in [1.29, 1.82) is 0 Å². The molecule has 0 saturated heterocycles. The van der Waals surface area contributed by atoms with Crippen LogP contribution in [0, 0.1) is 5.92 Å². The van der Waals surface area contributed by atoms with Gasteiger partial charge in [0, 0.05) is 12.6 Å². The highest BCUT2D eigenvalue weighted by Gasteiger charge is 2.23. The van der Waals surface area contributed by atoms with Gasteiger partial charge in [-0.3, -0.25) is 0 Å². The van der Waals surface area contributed by atoms with Gasteiger partial charge in [-0.25, -0.2) is 0 Å². The van der Waals surface area contributed by atoms with E-state index in [4.69, 9.17) is 9.47 Å². The molecule has 0 radical (unpaired) electrons. The average Bonchev–Trinajstić information content (AvgIpc) is 2.29. The zero-order valence-corrected chi connectivity index (χ0v) is 11.0. The van der Waals surface area contributed by atoms with E-state index in [1.807, 2.05) is 7.05 Å². The highest BCUT2D eigenvalue weighted by Crippen LogP contribution is 2.20. The van der Waals surface area contributed by atoms with E-state index in [-0.39, 0.29) is 0 Å². The van der Waals surface area contributed by atoms with Gasteiger partial charge in [0.05, 0.1) is 19.3 Å². The molecule has 0 bridgehead atoms. The molecular weight excluding hydrogens is 202 g/mol. The SMILES string of the molecule is CNC1CCCCC1OCCOCC(C)C. The minimum absolute atomic E-state index is 0.390. The fourth-order valence-corrected chi connectivity index (χ4v) is 2.20. The maximum Gasteiger partial charge on any atom is 0.0729 e. The fourth-order valence-electron chi connectivity index (χ4n) is 2.20. The third kappa shape index (κ3) is 5.28. The first kappa shape index (κ1) is 13.9. The molecule has 1 saturated carbocycles. The molecule has 0 heterocycles. The number of nitrogens with one attached hydrogen (secondary N) is 1. The van der Waals surface area contributed by atoms with Crippen LogP contribution in [0.1, 0.15) is 39.5 Å². The smallest absolute Gasteiger partial charge is 0.0729 e. The molecule has 0 spiro atoms. The molecule has 0 aromatic rings. The van der Waals surface area contributed by atoms with Gasteiger partial charge < -0.3 is 14.8 Å². The van der Waals surface area contributed by atoms with Crippen LogP contribution < -0.4 is 5.32 Å². The van der Waals surface area contributed by atoms with Gasteiger partial charge in [0.25, 0.3) is 0 Å². The zero-order valence-electron chi connectivity index (χ0n) is 11.0. The van der Waals surface area contributed by atoms with Crippen molar-refractivity contribution in [2.75, 3.05) is 26.9 Å². The maximum absolute atomic E-state index is 5.88. The standard InChI is InChI=1S/C13H27NO2/c1-11(2)10-15-8-9-16-13-7-5-4-6-12(13)14-3/h11-14H,4-10H2,1-3H3. The van der Waals surface area contributed by atoms with Crippen LogP contribution in [0.2, 0.25) is 0 Å². The van der Waals surface area contributed by atoms with Gasteiger partial charge in [-0.15, -0.1) is 0 Å². The van der Waals surface area contributed by atoms with E-state index < -0.39 is 0 Å². The maximum atomic E-state index is 5.88. The first-order valence-electron chi connectivity index (χ1n) is 6.60. The Morgan fingerprint density at radius 1 is 1.19 bits per heavy atom. The Balaban J connectivity index is 2.06. The lowest BCUT2D eigenvalue weighted by molar-refractivity contribution is -0.0275. The lowest BCUT2D eigenvalue weighted by Gasteiger charge is -2.31. The number of rotatable bonds is 7. The molecule has 2 atom stereocenters. The molecule has 3 nitrogen and oxygen atoms in total. The molecule has 1 aliphatic rings. The van der Waals surface area contributed by atoms with Gasteiger partial charge in [-0.2, -0.15) is 0 Å². The number of ether oxygens (including phenoxy) is 2. The molecule has 16 heavy (non-hydrogen) atoms. The van der Waals surface area contributed by atoms with Crippen molar-refractivity contribution >= 4 is 0 Å². The summed E-state index contributed by atoms with van der Waals surface area (Å²) in [5.74, 6) is 0.611. The third-order valence-electron chi connectivity index (χ3n) is 3.08. The van der Waals surface area contributed by atoms with Crippen LogP contribution >= 0.6 is 0 Å². The summed E-state index contributed by atoms with van der Waals surface area (Å²) in [4.78, 5) is 0. The number of likely N-dealkylation sites (N-methyl/N-ethyl adjacent to an activating group) is 1. The van der Waals surface area contributed by atoms with E-state index in [1.165, 1.54) is 25.7 Å². The van der Waals surface area contributed by atoms with Gasteiger partial charge in [0.1, 0.15) is 0 Å². The lowest BCUT2D eigenvalue weighted by Crippen LogP contribution is -2.42. The molecule has 1 aliphatic carbocycles. The van der Waals surface area contributed by atoms with Gasteiger partial charge in [-0.1, -0.05) is 26.7 Å². The van der Waals surface area contributed by atoms with Gasteiger partial charge >= 0.3 is 0 Å². The summed E-state index contributed by atoms with van der Waals surface area (Å²) < 4.78 is 11.4. The Hall–Kier alpha value is -0.120. The van der Waals surface area contributed by atoms with Gasteiger partial charge in [-0.05, 0) is 25.8 Å². The molecule has 0 aliphatic heterocycles. The van der Waals surface area contributed by atoms with Crippen LogP contribution in [0.15, 0.2) is 0 Å². The number of hydrogen-bond donors (Lipinski definition) is 1. The molecule has 96 valence electrons. The van der Waals surface area contributed by atoms with Crippen molar-refractivity contribution in [3.63, 3.8) is 0 Å². The summed E-state index contributed by atoms with van der Waals surface area (Å²) in [6, 6.07) is 0.541. The van der Waals surface area contributed by atoms with Gasteiger partial charge in [0.2, 0.25) is 0 Å². The molecule has 0 aromatic carbocycles. The lowest BCUT2D eigenvalue weighted by atomic mass is 9.92. The molecule has 0 amide bonds. The summed E-state index contributed by atoms with van der Waals surface area (Å²) in [5, 5.41) is 3.35. The number of hydrogen-bond acceptors (Lipinski definition) is 3. The Bertz CT molecular complexity index is 173. The Morgan fingerprint density at radius 2 is 1.94 bits per heavy atom. The first-order valence-corrected chi connectivity index (χ1v) is 6.60. The first-order chi connectivity index (χ1) is 7.74. The van der Waals surface area contributed by atoms with Crippen molar-refractivity contribution in [1.82, 2.24) is 5.32 Å². The summed E-state index contributed by atoms with van der Waals surface area (Å²) in [6.45, 7) is 6.63. The van der Waals surface area contributed by atoms with Crippen molar-refractivity contribution in [2.45, 2.75) is 51.7 Å². The molecule has 1 rings (SSSR count). The Morgan fingerprint density at radius 3 is 2.62 bits per heavy atom. The van der Waals surface area contributed by atoms with Gasteiger partial charge in [0.15, 0.2) is 0 Å². The van der Waals surface area contributed by atoms with E-state index in [9.17, 15) is 0 Å². The van der Waals surface area contributed by atoms with E-state index in [0.29, 0.717) is 18.1 Å². The summed E-state index contributed by atoms with van der Waals surface area (Å²) >= 11 is 0. The molecule has 1 N–H and O–H groups in total. The van der Waals surface area contributed by atoms with Crippen LogP contribution in [0.5, 0.6) is 0 Å². The van der Waals surface area contributed by atoms with E-state index in [0.717, 1.165) is 19.8 Å². The largest absolute Gasteiger partial charge is 0.379 e. The molecule has 2 unspecified atom stereocenters. The van der Waals surface area contributed by atoms with E-state index in [2.05, 4.69) is 19.2 Å². The Labute approximate surface area is 99.9 Å². The normalized spacial score (nSPS) is 26.2. The predicted octanol–water partition coefficient (Wildman–Crippen LogP) is 2.21. The van der Waals surface area contributed by atoms with E-state index in [1.54, 1.807) is 0 Å². The second-order valence-corrected chi connectivity index (χ2v) is 5.06. The van der Waals surface area contributed by atoms with Crippen molar-refractivity contribution in [3.05, 3.63) is 0 Å². The van der Waals surface area contributed by atoms with Crippen LogP contribution in [0.3, 0.4) is 0 Å². The van der Waals surface area contributed by atoms with E-state index >= 15 is 0 Å². The molecular formula is C13H27NO2. The predicted molar refractivity (Wildman–Crippen MR) is 66.7 cm³/mol. The highest BCUT2D eigenvalue weighted by molar-refractivity contribution is 4.80. The quantitative estimate of drug-likeness (QED) is 0.679. The fraction of sp³-hybridized carbons (Fsp3) is 1.00. The molecule has 3 heteroatoms. The van der Waals surface area contributed by atoms with Crippen LogP contribution in [0.25, 0.3) is 0 Å². The molecule has 0 aromatic heterocycles. The average molecular weight is 229 g/mol. The molecule has 1 fully saturated rings. The summed E-state index contributed by atoms with van der Waals surface area (Å²) in [5.41, 5.74) is 0.